The third kappa shape index (κ3) is 4.33. The molecule has 0 aliphatic carbocycles. The molecule has 1 N–H and O–H groups in total. The van der Waals surface area contributed by atoms with Gasteiger partial charge in [-0.2, -0.15) is 4.31 Å². The summed E-state index contributed by atoms with van der Waals surface area (Å²) in [6.07, 6.45) is 1.78. The quantitative estimate of drug-likeness (QED) is 0.906. The van der Waals surface area contributed by atoms with Crippen molar-refractivity contribution < 1.29 is 8.42 Å². The van der Waals surface area contributed by atoms with Crippen molar-refractivity contribution in [2.45, 2.75) is 24.7 Å². The SMILES string of the molecule is CNCC1CCN(S(=O)(=O)c2ccc(C)cc2Cl)CC1.Cl. The van der Waals surface area contributed by atoms with Gasteiger partial charge in [0.1, 0.15) is 4.90 Å². The molecule has 1 aliphatic rings. The molecule has 0 radical (unpaired) electrons. The molecule has 21 heavy (non-hydrogen) atoms. The highest BCUT2D eigenvalue weighted by molar-refractivity contribution is 7.89. The summed E-state index contributed by atoms with van der Waals surface area (Å²) in [5.74, 6) is 0.555. The number of benzene rings is 1. The van der Waals surface area contributed by atoms with Crippen LogP contribution in [-0.4, -0.2) is 39.4 Å². The minimum Gasteiger partial charge on any atom is -0.319 e. The number of aryl methyl sites for hydroxylation is 1. The first-order valence-corrected chi connectivity index (χ1v) is 8.68. The number of sulfonamides is 1. The maximum atomic E-state index is 12.6. The van der Waals surface area contributed by atoms with E-state index in [1.54, 1.807) is 22.5 Å². The predicted molar refractivity (Wildman–Crippen MR) is 88.8 cm³/mol. The van der Waals surface area contributed by atoms with Crippen LogP contribution in [0.1, 0.15) is 18.4 Å². The van der Waals surface area contributed by atoms with Gasteiger partial charge in [0.05, 0.1) is 5.02 Å². The molecule has 0 spiro atoms. The van der Waals surface area contributed by atoms with Gasteiger partial charge in [0.25, 0.3) is 0 Å². The molecule has 1 aromatic rings. The zero-order valence-electron chi connectivity index (χ0n) is 12.3. The Balaban J connectivity index is 0.00000220. The van der Waals surface area contributed by atoms with Crippen LogP contribution in [0, 0.1) is 12.8 Å². The average Bonchev–Trinajstić information content (AvgIpc) is 2.39. The summed E-state index contributed by atoms with van der Waals surface area (Å²) < 4.78 is 26.8. The predicted octanol–water partition coefficient (Wildman–Crippen LogP) is 2.69. The molecule has 0 amide bonds. The maximum Gasteiger partial charge on any atom is 0.244 e. The van der Waals surface area contributed by atoms with E-state index in [0.29, 0.717) is 24.0 Å². The fourth-order valence-electron chi connectivity index (χ4n) is 2.60. The highest BCUT2D eigenvalue weighted by Gasteiger charge is 2.30. The lowest BCUT2D eigenvalue weighted by Gasteiger charge is -2.31. The van der Waals surface area contributed by atoms with Crippen molar-refractivity contribution in [3.05, 3.63) is 28.8 Å². The average molecular weight is 353 g/mol. The van der Waals surface area contributed by atoms with Crippen LogP contribution in [0.3, 0.4) is 0 Å². The summed E-state index contributed by atoms with van der Waals surface area (Å²) in [5, 5.41) is 3.46. The number of rotatable bonds is 4. The highest BCUT2D eigenvalue weighted by atomic mass is 35.5. The van der Waals surface area contributed by atoms with E-state index in [-0.39, 0.29) is 17.3 Å². The van der Waals surface area contributed by atoms with E-state index in [9.17, 15) is 8.42 Å². The van der Waals surface area contributed by atoms with E-state index in [0.717, 1.165) is 24.9 Å². The lowest BCUT2D eigenvalue weighted by atomic mass is 9.98. The normalized spacial score (nSPS) is 17.5. The Hall–Kier alpha value is -0.330. The number of hydrogen-bond donors (Lipinski definition) is 1. The lowest BCUT2D eigenvalue weighted by Crippen LogP contribution is -2.40. The van der Waals surface area contributed by atoms with E-state index in [4.69, 9.17) is 11.6 Å². The second-order valence-corrected chi connectivity index (χ2v) is 7.65. The third-order valence-corrected chi connectivity index (χ3v) is 6.15. The summed E-state index contributed by atoms with van der Waals surface area (Å²) in [6, 6.07) is 5.08. The lowest BCUT2D eigenvalue weighted by molar-refractivity contribution is 0.270. The van der Waals surface area contributed by atoms with Crippen LogP contribution in [0.2, 0.25) is 5.02 Å². The van der Waals surface area contributed by atoms with Crippen LogP contribution in [0.15, 0.2) is 23.1 Å². The molecule has 2 rings (SSSR count). The summed E-state index contributed by atoms with van der Waals surface area (Å²) >= 11 is 6.10. The van der Waals surface area contributed by atoms with Gasteiger partial charge in [0.15, 0.2) is 0 Å². The van der Waals surface area contributed by atoms with Crippen molar-refractivity contribution in [1.82, 2.24) is 9.62 Å². The van der Waals surface area contributed by atoms with Gasteiger partial charge >= 0.3 is 0 Å². The number of hydrogen-bond acceptors (Lipinski definition) is 3. The molecule has 1 fully saturated rings. The molecule has 0 unspecified atom stereocenters. The number of nitrogens with zero attached hydrogens (tertiary/aromatic N) is 1. The van der Waals surface area contributed by atoms with E-state index in [1.165, 1.54) is 0 Å². The first kappa shape index (κ1) is 18.7. The Morgan fingerprint density at radius 1 is 1.33 bits per heavy atom. The van der Waals surface area contributed by atoms with Gasteiger partial charge in [-0.1, -0.05) is 17.7 Å². The molecular weight excluding hydrogens is 331 g/mol. The van der Waals surface area contributed by atoms with Gasteiger partial charge in [-0.3, -0.25) is 0 Å². The second kappa shape index (κ2) is 7.79. The topological polar surface area (TPSA) is 49.4 Å². The van der Waals surface area contributed by atoms with Gasteiger partial charge in [0.2, 0.25) is 10.0 Å². The van der Waals surface area contributed by atoms with Gasteiger partial charge in [-0.05, 0) is 57.0 Å². The van der Waals surface area contributed by atoms with Gasteiger partial charge in [0, 0.05) is 13.1 Å². The van der Waals surface area contributed by atoms with E-state index < -0.39 is 10.0 Å². The van der Waals surface area contributed by atoms with Crippen LogP contribution >= 0.6 is 24.0 Å². The Morgan fingerprint density at radius 2 is 1.95 bits per heavy atom. The Morgan fingerprint density at radius 3 is 2.48 bits per heavy atom. The zero-order chi connectivity index (χ0) is 14.8. The first-order valence-electron chi connectivity index (χ1n) is 6.86. The largest absolute Gasteiger partial charge is 0.319 e. The first-order chi connectivity index (χ1) is 9.45. The van der Waals surface area contributed by atoms with E-state index in [2.05, 4.69) is 5.32 Å². The Labute approximate surface area is 138 Å². The highest BCUT2D eigenvalue weighted by Crippen LogP contribution is 2.28. The molecule has 0 saturated carbocycles. The molecule has 1 heterocycles. The van der Waals surface area contributed by atoms with Crippen molar-refractivity contribution in [2.75, 3.05) is 26.7 Å². The monoisotopic (exact) mass is 352 g/mol. The van der Waals surface area contributed by atoms with Crippen LogP contribution < -0.4 is 5.32 Å². The molecule has 1 saturated heterocycles. The van der Waals surface area contributed by atoms with Crippen LogP contribution in [0.25, 0.3) is 0 Å². The summed E-state index contributed by atoms with van der Waals surface area (Å²) in [7, 11) is -1.54. The van der Waals surface area contributed by atoms with Crippen LogP contribution in [-0.2, 0) is 10.0 Å². The summed E-state index contributed by atoms with van der Waals surface area (Å²) in [6.45, 7) is 3.97. The number of halogens is 2. The third-order valence-electron chi connectivity index (χ3n) is 3.77. The van der Waals surface area contributed by atoms with Crippen molar-refractivity contribution in [3.8, 4) is 0 Å². The Bertz CT molecular complexity index is 570. The minimum absolute atomic E-state index is 0. The van der Waals surface area contributed by atoms with Crippen molar-refractivity contribution in [3.63, 3.8) is 0 Å². The van der Waals surface area contributed by atoms with E-state index >= 15 is 0 Å². The molecule has 1 aliphatic heterocycles. The van der Waals surface area contributed by atoms with Gasteiger partial charge < -0.3 is 5.32 Å². The van der Waals surface area contributed by atoms with Crippen molar-refractivity contribution in [2.24, 2.45) is 5.92 Å². The van der Waals surface area contributed by atoms with Crippen molar-refractivity contribution >= 4 is 34.0 Å². The molecule has 0 bridgehead atoms. The molecule has 0 atom stereocenters. The van der Waals surface area contributed by atoms with Crippen LogP contribution in [0.5, 0.6) is 0 Å². The van der Waals surface area contributed by atoms with Gasteiger partial charge in [-0.25, -0.2) is 8.42 Å². The van der Waals surface area contributed by atoms with E-state index in [1.807, 2.05) is 14.0 Å². The zero-order valence-corrected chi connectivity index (χ0v) is 14.7. The smallest absolute Gasteiger partial charge is 0.244 e. The van der Waals surface area contributed by atoms with Gasteiger partial charge in [-0.15, -0.1) is 12.4 Å². The molecule has 1 aromatic carbocycles. The second-order valence-electron chi connectivity index (χ2n) is 5.34. The summed E-state index contributed by atoms with van der Waals surface area (Å²) in [4.78, 5) is 0.219. The molecule has 0 aromatic heterocycles. The molecule has 7 heteroatoms. The fraction of sp³-hybridized carbons (Fsp3) is 0.571. The fourth-order valence-corrected chi connectivity index (χ4v) is 4.64. The summed E-state index contributed by atoms with van der Waals surface area (Å²) in [5.41, 5.74) is 0.960. The maximum absolute atomic E-state index is 12.6. The molecular formula is C14H22Cl2N2O2S. The molecule has 4 nitrogen and oxygen atoms in total. The number of nitrogens with one attached hydrogen (secondary N) is 1. The standard InChI is InChI=1S/C14H21ClN2O2S.ClH/c1-11-3-4-14(13(15)9-11)20(18,19)17-7-5-12(6-8-17)10-16-2;/h3-4,9,12,16H,5-8,10H2,1-2H3;1H. The van der Waals surface area contributed by atoms with Crippen molar-refractivity contribution in [1.29, 1.82) is 0 Å². The van der Waals surface area contributed by atoms with Crippen LogP contribution in [0.4, 0.5) is 0 Å². The Kier molecular flexibility index (Phi) is 6.94. The molecule has 120 valence electrons. The number of piperidine rings is 1. The minimum atomic E-state index is -3.47.